The van der Waals surface area contributed by atoms with Gasteiger partial charge in [0.15, 0.2) is 5.76 Å². The highest BCUT2D eigenvalue weighted by Gasteiger charge is 2.33. The minimum absolute atomic E-state index is 0.0798. The molecule has 7 nitrogen and oxygen atoms in total. The summed E-state index contributed by atoms with van der Waals surface area (Å²) in [4.78, 5) is 27.5. The second kappa shape index (κ2) is 8.99. The Morgan fingerprint density at radius 2 is 2.09 bits per heavy atom. The summed E-state index contributed by atoms with van der Waals surface area (Å²) < 4.78 is 13.3. The van der Waals surface area contributed by atoms with Gasteiger partial charge in [0.25, 0.3) is 0 Å². The van der Waals surface area contributed by atoms with Gasteiger partial charge in [0.2, 0.25) is 5.78 Å². The van der Waals surface area contributed by atoms with Gasteiger partial charge in [-0.05, 0) is 50.6 Å². The van der Waals surface area contributed by atoms with Gasteiger partial charge in [-0.15, -0.1) is 0 Å². The Hall–Kier alpha value is -3.58. The van der Waals surface area contributed by atoms with Crippen molar-refractivity contribution >= 4 is 28.7 Å². The second-order valence-corrected chi connectivity index (χ2v) is 8.92. The summed E-state index contributed by atoms with van der Waals surface area (Å²) in [6.07, 6.45) is 5.40. The van der Waals surface area contributed by atoms with Crippen molar-refractivity contribution in [1.29, 1.82) is 0 Å². The van der Waals surface area contributed by atoms with E-state index in [2.05, 4.69) is 4.90 Å². The number of hydrogen-bond acceptors (Lipinski definition) is 6. The van der Waals surface area contributed by atoms with Crippen molar-refractivity contribution < 1.29 is 24.2 Å². The Morgan fingerprint density at radius 3 is 2.91 bits per heavy atom. The highest BCUT2D eigenvalue weighted by Crippen LogP contribution is 2.41. The number of rotatable bonds is 5. The number of fused-ring (bicyclic) bond motifs is 2. The highest BCUT2D eigenvalue weighted by molar-refractivity contribution is 6.15. The van der Waals surface area contributed by atoms with Crippen LogP contribution in [0.2, 0.25) is 0 Å². The quantitative estimate of drug-likeness (QED) is 0.452. The number of carbonyl (C=O) groups is 2. The summed E-state index contributed by atoms with van der Waals surface area (Å²) in [5.41, 5.74) is 2.97. The predicted octanol–water partition coefficient (Wildman–Crippen LogP) is 4.28. The molecule has 1 aromatic heterocycles. The number of ether oxygens (including phenoxy) is 2. The number of benzene rings is 2. The summed E-state index contributed by atoms with van der Waals surface area (Å²) in [5, 5.41) is 11.7. The first kappa shape index (κ1) is 22.2. The van der Waals surface area contributed by atoms with Gasteiger partial charge >= 0.3 is 5.97 Å². The third kappa shape index (κ3) is 3.96. The molecule has 1 unspecified atom stereocenters. The zero-order valence-corrected chi connectivity index (χ0v) is 19.4. The molecule has 1 N–H and O–H groups in total. The van der Waals surface area contributed by atoms with E-state index in [0.29, 0.717) is 36.6 Å². The molecule has 3 aromatic rings. The molecule has 0 bridgehead atoms. The smallest absolute Gasteiger partial charge is 0.310 e. The molecule has 34 heavy (non-hydrogen) atoms. The fourth-order valence-electron chi connectivity index (χ4n) is 4.95. The average Bonchev–Trinajstić information content (AvgIpc) is 3.33. The molecule has 176 valence electrons. The van der Waals surface area contributed by atoms with Gasteiger partial charge < -0.3 is 19.1 Å². The fourth-order valence-corrected chi connectivity index (χ4v) is 4.95. The number of carbonyl (C=O) groups excluding carboxylic acids is 2. The van der Waals surface area contributed by atoms with Gasteiger partial charge in [-0.3, -0.25) is 14.5 Å². The first-order chi connectivity index (χ1) is 16.5. The van der Waals surface area contributed by atoms with Crippen molar-refractivity contribution in [3.05, 3.63) is 65.0 Å². The van der Waals surface area contributed by atoms with Gasteiger partial charge in [0, 0.05) is 42.8 Å². The molecule has 1 atom stereocenters. The van der Waals surface area contributed by atoms with Crippen molar-refractivity contribution in [2.45, 2.75) is 26.3 Å². The number of aryl methyl sites for hydroxylation is 1. The lowest BCUT2D eigenvalue weighted by molar-refractivity contribution is -0.150. The minimum atomic E-state index is -0.202. The third-order valence-electron chi connectivity index (χ3n) is 6.64. The zero-order chi connectivity index (χ0) is 23.8. The standard InChI is InChI=1S/C27H28N2O5/c1-3-33-27(32)17-7-6-12-29(15-17)16-21-23(30)11-10-20-25(31)24(34-26(20)21)13-18-14-28(2)22-9-5-4-8-19(18)22/h4-5,8-11,13-14,17,30H,3,6-7,12,15-16H2,1-2H3/b24-13-. The molecule has 0 spiro atoms. The number of phenolic OH excluding ortho intramolecular Hbond substituents is 1. The SMILES string of the molecule is CCOC(=O)C1CCCN(Cc2c(O)ccc3c2O/C(=C\c2cn(C)c4ccccc24)C3=O)C1. The van der Waals surface area contributed by atoms with Crippen LogP contribution in [-0.2, 0) is 23.1 Å². The van der Waals surface area contributed by atoms with E-state index in [1.807, 2.05) is 49.0 Å². The molecule has 2 aliphatic heterocycles. The number of hydrogen-bond donors (Lipinski definition) is 1. The molecule has 0 amide bonds. The Bertz CT molecular complexity index is 1310. The maximum absolute atomic E-state index is 13.2. The molecule has 5 rings (SSSR count). The number of aromatic nitrogens is 1. The van der Waals surface area contributed by atoms with Gasteiger partial charge in [-0.25, -0.2) is 0 Å². The lowest BCUT2D eigenvalue weighted by atomic mass is 9.97. The molecule has 2 aromatic carbocycles. The number of phenols is 1. The Kier molecular flexibility index (Phi) is 5.87. The van der Waals surface area contributed by atoms with Gasteiger partial charge in [0.1, 0.15) is 11.5 Å². The first-order valence-electron chi connectivity index (χ1n) is 11.7. The predicted molar refractivity (Wildman–Crippen MR) is 129 cm³/mol. The van der Waals surface area contributed by atoms with Crippen LogP contribution in [0.25, 0.3) is 17.0 Å². The van der Waals surface area contributed by atoms with E-state index < -0.39 is 0 Å². The van der Waals surface area contributed by atoms with Gasteiger partial charge in [-0.1, -0.05) is 18.2 Å². The van der Waals surface area contributed by atoms with E-state index in [1.54, 1.807) is 18.2 Å². The molecule has 0 saturated carbocycles. The van der Waals surface area contributed by atoms with Crippen LogP contribution in [0.3, 0.4) is 0 Å². The van der Waals surface area contributed by atoms with Crippen LogP contribution < -0.4 is 4.74 Å². The number of ketones is 1. The molecule has 0 aliphatic carbocycles. The van der Waals surface area contributed by atoms with Crippen LogP contribution in [0.4, 0.5) is 0 Å². The molecule has 1 fully saturated rings. The number of Topliss-reactive ketones (excluding diaryl/α,β-unsaturated/α-hetero) is 1. The largest absolute Gasteiger partial charge is 0.507 e. The fraction of sp³-hybridized carbons (Fsp3) is 0.333. The lowest BCUT2D eigenvalue weighted by Gasteiger charge is -2.31. The normalized spacial score (nSPS) is 19.4. The van der Waals surface area contributed by atoms with E-state index >= 15 is 0 Å². The molecule has 7 heteroatoms. The molecule has 0 radical (unpaired) electrons. The lowest BCUT2D eigenvalue weighted by Crippen LogP contribution is -2.39. The molecule has 3 heterocycles. The van der Waals surface area contributed by atoms with Crippen LogP contribution in [0, 0.1) is 5.92 Å². The van der Waals surface area contributed by atoms with E-state index in [-0.39, 0.29) is 29.2 Å². The topological polar surface area (TPSA) is 81.0 Å². The van der Waals surface area contributed by atoms with E-state index in [9.17, 15) is 14.7 Å². The molecular formula is C27H28N2O5. The van der Waals surface area contributed by atoms with E-state index in [0.717, 1.165) is 35.9 Å². The van der Waals surface area contributed by atoms with Crippen molar-refractivity contribution in [1.82, 2.24) is 9.47 Å². The number of aromatic hydroxyl groups is 1. The van der Waals surface area contributed by atoms with Crippen molar-refractivity contribution in [2.75, 3.05) is 19.7 Å². The molecule has 2 aliphatic rings. The number of esters is 1. The van der Waals surface area contributed by atoms with Gasteiger partial charge in [0.05, 0.1) is 23.7 Å². The first-order valence-corrected chi connectivity index (χ1v) is 11.7. The Labute approximate surface area is 198 Å². The summed E-state index contributed by atoms with van der Waals surface area (Å²) in [6, 6.07) is 11.1. The maximum Gasteiger partial charge on any atom is 0.310 e. The van der Waals surface area contributed by atoms with Crippen molar-refractivity contribution in [2.24, 2.45) is 13.0 Å². The molecular weight excluding hydrogens is 432 g/mol. The summed E-state index contributed by atoms with van der Waals surface area (Å²) in [7, 11) is 1.97. The summed E-state index contributed by atoms with van der Waals surface area (Å²) in [5.74, 6) is 0.151. The van der Waals surface area contributed by atoms with Crippen LogP contribution in [0.1, 0.15) is 41.3 Å². The summed E-state index contributed by atoms with van der Waals surface area (Å²) in [6.45, 7) is 3.91. The second-order valence-electron chi connectivity index (χ2n) is 8.92. The minimum Gasteiger partial charge on any atom is -0.507 e. The Balaban J connectivity index is 1.42. The molecule has 1 saturated heterocycles. The number of piperidine rings is 1. The van der Waals surface area contributed by atoms with Crippen LogP contribution >= 0.6 is 0 Å². The zero-order valence-electron chi connectivity index (χ0n) is 19.4. The highest BCUT2D eigenvalue weighted by atomic mass is 16.5. The van der Waals surface area contributed by atoms with Crippen LogP contribution in [0.5, 0.6) is 11.5 Å². The monoisotopic (exact) mass is 460 g/mol. The number of nitrogens with zero attached hydrogens (tertiary/aromatic N) is 2. The van der Waals surface area contributed by atoms with Crippen molar-refractivity contribution in [3.63, 3.8) is 0 Å². The van der Waals surface area contributed by atoms with Gasteiger partial charge in [-0.2, -0.15) is 0 Å². The maximum atomic E-state index is 13.2. The average molecular weight is 461 g/mol. The third-order valence-corrected chi connectivity index (χ3v) is 6.64. The number of likely N-dealkylation sites (tertiary alicyclic amines) is 1. The van der Waals surface area contributed by atoms with Crippen molar-refractivity contribution in [3.8, 4) is 11.5 Å². The Morgan fingerprint density at radius 1 is 1.26 bits per heavy atom. The van der Waals surface area contributed by atoms with Crippen LogP contribution in [-0.4, -0.2) is 46.0 Å². The van der Waals surface area contributed by atoms with E-state index in [1.165, 1.54) is 0 Å². The van der Waals surface area contributed by atoms with E-state index in [4.69, 9.17) is 9.47 Å². The summed E-state index contributed by atoms with van der Waals surface area (Å²) >= 11 is 0. The number of allylic oxidation sites excluding steroid dienone is 1. The number of para-hydroxylation sites is 1. The van der Waals surface area contributed by atoms with Crippen LogP contribution in [0.15, 0.2) is 48.4 Å².